The second kappa shape index (κ2) is 7.65. The van der Waals surface area contributed by atoms with E-state index < -0.39 is 22.3 Å². The number of non-ortho nitro benzene ring substituents is 1. The molecule has 0 aromatic heterocycles. The fourth-order valence-corrected chi connectivity index (χ4v) is 1.79. The van der Waals surface area contributed by atoms with Crippen LogP contribution in [0.4, 0.5) is 11.4 Å². The SMILES string of the molecule is COCC(C)(O)CNC(=O)C(=O)Nc1ccc([N+](=O)[O-])cc1C. The van der Waals surface area contributed by atoms with E-state index in [9.17, 15) is 24.8 Å². The van der Waals surface area contributed by atoms with Crippen LogP contribution in [-0.4, -0.2) is 47.7 Å². The summed E-state index contributed by atoms with van der Waals surface area (Å²) in [7, 11) is 1.40. The van der Waals surface area contributed by atoms with E-state index in [1.807, 2.05) is 0 Å². The summed E-state index contributed by atoms with van der Waals surface area (Å²) < 4.78 is 4.78. The summed E-state index contributed by atoms with van der Waals surface area (Å²) in [4.78, 5) is 33.6. The van der Waals surface area contributed by atoms with Gasteiger partial charge in [-0.3, -0.25) is 19.7 Å². The summed E-state index contributed by atoms with van der Waals surface area (Å²) in [5, 5.41) is 25.1. The van der Waals surface area contributed by atoms with Gasteiger partial charge in [-0.05, 0) is 25.5 Å². The molecule has 1 unspecified atom stereocenters. The zero-order valence-corrected chi connectivity index (χ0v) is 13.1. The van der Waals surface area contributed by atoms with E-state index in [1.165, 1.54) is 32.2 Å². The average Bonchev–Trinajstić information content (AvgIpc) is 2.46. The summed E-state index contributed by atoms with van der Waals surface area (Å²) in [5.41, 5.74) is -0.666. The lowest BCUT2D eigenvalue weighted by Gasteiger charge is -2.22. The number of nitrogens with one attached hydrogen (secondary N) is 2. The first-order valence-corrected chi connectivity index (χ1v) is 6.72. The van der Waals surface area contributed by atoms with Crippen LogP contribution in [-0.2, 0) is 14.3 Å². The van der Waals surface area contributed by atoms with Crippen LogP contribution in [0.5, 0.6) is 0 Å². The number of anilines is 1. The van der Waals surface area contributed by atoms with Gasteiger partial charge in [0, 0.05) is 31.5 Å². The first kappa shape index (κ1) is 18.5. The molecule has 0 aliphatic carbocycles. The molecule has 0 aliphatic heterocycles. The molecule has 0 radical (unpaired) electrons. The minimum Gasteiger partial charge on any atom is -0.386 e. The van der Waals surface area contributed by atoms with E-state index >= 15 is 0 Å². The molecular formula is C14H19N3O6. The number of methoxy groups -OCH3 is 1. The highest BCUT2D eigenvalue weighted by Crippen LogP contribution is 2.21. The van der Waals surface area contributed by atoms with E-state index in [0.29, 0.717) is 11.3 Å². The molecule has 0 aliphatic rings. The Morgan fingerprint density at radius 2 is 2.04 bits per heavy atom. The van der Waals surface area contributed by atoms with Crippen LogP contribution in [0.1, 0.15) is 12.5 Å². The van der Waals surface area contributed by atoms with Gasteiger partial charge in [0.25, 0.3) is 5.69 Å². The van der Waals surface area contributed by atoms with Crippen LogP contribution in [0.15, 0.2) is 18.2 Å². The minimum atomic E-state index is -1.30. The highest BCUT2D eigenvalue weighted by molar-refractivity contribution is 6.39. The number of carbonyl (C=O) groups excluding carboxylic acids is 2. The van der Waals surface area contributed by atoms with Gasteiger partial charge in [-0.1, -0.05) is 0 Å². The van der Waals surface area contributed by atoms with Crippen LogP contribution in [0.25, 0.3) is 0 Å². The van der Waals surface area contributed by atoms with Crippen molar-refractivity contribution in [1.29, 1.82) is 0 Å². The normalized spacial score (nSPS) is 13.0. The van der Waals surface area contributed by atoms with Gasteiger partial charge in [0.05, 0.1) is 11.5 Å². The van der Waals surface area contributed by atoms with E-state index in [0.717, 1.165) is 0 Å². The third-order valence-electron chi connectivity index (χ3n) is 2.96. The molecule has 9 heteroatoms. The van der Waals surface area contributed by atoms with Crippen molar-refractivity contribution >= 4 is 23.2 Å². The Kier molecular flexibility index (Phi) is 6.17. The number of hydrogen-bond acceptors (Lipinski definition) is 6. The monoisotopic (exact) mass is 325 g/mol. The van der Waals surface area contributed by atoms with Crippen molar-refractivity contribution in [2.45, 2.75) is 19.4 Å². The molecule has 1 rings (SSSR count). The third kappa shape index (κ3) is 5.64. The lowest BCUT2D eigenvalue weighted by Crippen LogP contribution is -2.46. The standard InChI is InChI=1S/C14H19N3O6/c1-9-6-10(17(21)22)4-5-11(9)16-13(19)12(18)15-7-14(2,20)8-23-3/h4-6,20H,7-8H2,1-3H3,(H,15,18)(H,16,19). The van der Waals surface area contributed by atoms with Gasteiger partial charge in [-0.15, -0.1) is 0 Å². The molecule has 0 heterocycles. The molecule has 0 saturated carbocycles. The van der Waals surface area contributed by atoms with Gasteiger partial charge in [0.2, 0.25) is 0 Å². The number of nitrogens with zero attached hydrogens (tertiary/aromatic N) is 1. The number of nitro groups is 1. The Bertz CT molecular complexity index is 615. The van der Waals surface area contributed by atoms with Crippen molar-refractivity contribution in [1.82, 2.24) is 5.32 Å². The highest BCUT2D eigenvalue weighted by atomic mass is 16.6. The molecule has 2 amide bonds. The van der Waals surface area contributed by atoms with Crippen molar-refractivity contribution in [2.24, 2.45) is 0 Å². The fourth-order valence-electron chi connectivity index (χ4n) is 1.79. The number of carbonyl (C=O) groups is 2. The zero-order chi connectivity index (χ0) is 17.6. The van der Waals surface area contributed by atoms with Gasteiger partial charge in [-0.25, -0.2) is 0 Å². The quantitative estimate of drug-likeness (QED) is 0.393. The smallest absolute Gasteiger partial charge is 0.313 e. The van der Waals surface area contributed by atoms with Crippen molar-refractivity contribution in [3.05, 3.63) is 33.9 Å². The second-order valence-electron chi connectivity index (χ2n) is 5.32. The molecule has 1 aromatic carbocycles. The van der Waals surface area contributed by atoms with E-state index in [4.69, 9.17) is 4.74 Å². The summed E-state index contributed by atoms with van der Waals surface area (Å²) >= 11 is 0. The first-order valence-electron chi connectivity index (χ1n) is 6.72. The Morgan fingerprint density at radius 3 is 2.57 bits per heavy atom. The molecule has 3 N–H and O–H groups in total. The Hall–Kier alpha value is -2.52. The predicted octanol–water partition coefficient (Wildman–Crippen LogP) is 0.355. The number of aliphatic hydroxyl groups is 1. The largest absolute Gasteiger partial charge is 0.386 e. The zero-order valence-electron chi connectivity index (χ0n) is 13.1. The van der Waals surface area contributed by atoms with Crippen molar-refractivity contribution in [3.8, 4) is 0 Å². The van der Waals surface area contributed by atoms with E-state index in [-0.39, 0.29) is 18.8 Å². The first-order chi connectivity index (χ1) is 10.7. The summed E-state index contributed by atoms with van der Waals surface area (Å²) in [6.45, 7) is 2.86. The summed E-state index contributed by atoms with van der Waals surface area (Å²) in [5.74, 6) is -1.87. The topological polar surface area (TPSA) is 131 Å². The number of benzene rings is 1. The number of hydrogen-bond donors (Lipinski definition) is 3. The Morgan fingerprint density at radius 1 is 1.39 bits per heavy atom. The lowest BCUT2D eigenvalue weighted by atomic mass is 10.1. The molecule has 0 bridgehead atoms. The van der Waals surface area contributed by atoms with Gasteiger partial charge in [0.1, 0.15) is 5.60 Å². The van der Waals surface area contributed by atoms with Crippen LogP contribution in [0.3, 0.4) is 0 Å². The molecule has 9 nitrogen and oxygen atoms in total. The lowest BCUT2D eigenvalue weighted by molar-refractivity contribution is -0.384. The number of aryl methyl sites for hydroxylation is 1. The van der Waals surface area contributed by atoms with Crippen LogP contribution < -0.4 is 10.6 Å². The van der Waals surface area contributed by atoms with Crippen LogP contribution in [0.2, 0.25) is 0 Å². The maximum Gasteiger partial charge on any atom is 0.313 e. The predicted molar refractivity (Wildman–Crippen MR) is 82.0 cm³/mol. The second-order valence-corrected chi connectivity index (χ2v) is 5.32. The van der Waals surface area contributed by atoms with Crippen molar-refractivity contribution in [2.75, 3.05) is 25.6 Å². The van der Waals surface area contributed by atoms with E-state index in [2.05, 4.69) is 10.6 Å². The number of ether oxygens (including phenoxy) is 1. The molecule has 0 fully saturated rings. The molecular weight excluding hydrogens is 306 g/mol. The average molecular weight is 325 g/mol. The molecule has 23 heavy (non-hydrogen) atoms. The van der Waals surface area contributed by atoms with Gasteiger partial charge in [-0.2, -0.15) is 0 Å². The van der Waals surface area contributed by atoms with Crippen LogP contribution >= 0.6 is 0 Å². The third-order valence-corrected chi connectivity index (χ3v) is 2.96. The van der Waals surface area contributed by atoms with Crippen molar-refractivity contribution < 1.29 is 24.4 Å². The Labute approximate surface area is 132 Å². The molecule has 0 spiro atoms. The summed E-state index contributed by atoms with van der Waals surface area (Å²) in [6, 6.07) is 3.86. The van der Waals surface area contributed by atoms with Gasteiger partial charge in [0.15, 0.2) is 0 Å². The van der Waals surface area contributed by atoms with Crippen molar-refractivity contribution in [3.63, 3.8) is 0 Å². The minimum absolute atomic E-state index is 0.00361. The van der Waals surface area contributed by atoms with Gasteiger partial charge >= 0.3 is 11.8 Å². The number of rotatable bonds is 6. The Balaban J connectivity index is 2.65. The van der Waals surface area contributed by atoms with E-state index in [1.54, 1.807) is 6.92 Å². The summed E-state index contributed by atoms with van der Waals surface area (Å²) in [6.07, 6.45) is 0. The van der Waals surface area contributed by atoms with Gasteiger partial charge < -0.3 is 20.5 Å². The molecule has 126 valence electrons. The molecule has 1 atom stereocenters. The number of nitro benzene ring substituents is 1. The maximum atomic E-state index is 11.8. The molecule has 0 saturated heterocycles. The molecule has 1 aromatic rings. The number of amides is 2. The van der Waals surface area contributed by atoms with Crippen LogP contribution in [0, 0.1) is 17.0 Å². The highest BCUT2D eigenvalue weighted by Gasteiger charge is 2.23. The fraction of sp³-hybridized carbons (Fsp3) is 0.429. The maximum absolute atomic E-state index is 11.8.